The SMILES string of the molecule is Nc1ccc(S(=O)(=O)N2CCC(c3ccccc3)C2)cn1. The third-order valence-electron chi connectivity index (χ3n) is 3.82. The molecule has 1 atom stereocenters. The van der Waals surface area contributed by atoms with Gasteiger partial charge in [-0.05, 0) is 30.0 Å². The summed E-state index contributed by atoms with van der Waals surface area (Å²) in [6.45, 7) is 1.04. The molecule has 0 spiro atoms. The Hall–Kier alpha value is -1.92. The molecule has 1 aliphatic rings. The highest BCUT2D eigenvalue weighted by molar-refractivity contribution is 7.89. The number of hydrogen-bond donors (Lipinski definition) is 1. The third kappa shape index (κ3) is 2.77. The van der Waals surface area contributed by atoms with Gasteiger partial charge in [-0.25, -0.2) is 13.4 Å². The molecule has 6 heteroatoms. The Morgan fingerprint density at radius 3 is 2.57 bits per heavy atom. The monoisotopic (exact) mass is 303 g/mol. The number of nitrogen functional groups attached to an aromatic ring is 1. The Kier molecular flexibility index (Phi) is 3.65. The van der Waals surface area contributed by atoms with E-state index in [1.165, 1.54) is 28.2 Å². The van der Waals surface area contributed by atoms with Gasteiger partial charge in [0.05, 0.1) is 0 Å². The first-order valence-electron chi connectivity index (χ1n) is 6.84. The molecule has 0 radical (unpaired) electrons. The average molecular weight is 303 g/mol. The van der Waals surface area contributed by atoms with E-state index in [-0.39, 0.29) is 10.8 Å². The fourth-order valence-electron chi connectivity index (χ4n) is 2.64. The van der Waals surface area contributed by atoms with E-state index in [1.54, 1.807) is 0 Å². The predicted molar refractivity (Wildman–Crippen MR) is 81.2 cm³/mol. The smallest absolute Gasteiger partial charge is 0.244 e. The summed E-state index contributed by atoms with van der Waals surface area (Å²) in [7, 11) is -3.48. The highest BCUT2D eigenvalue weighted by atomic mass is 32.2. The minimum Gasteiger partial charge on any atom is -0.384 e. The molecule has 1 fully saturated rings. The van der Waals surface area contributed by atoms with Crippen LogP contribution in [0, 0.1) is 0 Å². The molecule has 0 aliphatic carbocycles. The van der Waals surface area contributed by atoms with E-state index in [4.69, 9.17) is 5.73 Å². The van der Waals surface area contributed by atoms with Crippen LogP contribution in [-0.2, 0) is 10.0 Å². The molecule has 21 heavy (non-hydrogen) atoms. The van der Waals surface area contributed by atoms with Gasteiger partial charge < -0.3 is 5.73 Å². The van der Waals surface area contributed by atoms with Crippen LogP contribution in [0.5, 0.6) is 0 Å². The van der Waals surface area contributed by atoms with Gasteiger partial charge in [-0.1, -0.05) is 30.3 Å². The van der Waals surface area contributed by atoms with E-state index < -0.39 is 10.0 Å². The van der Waals surface area contributed by atoms with Crippen LogP contribution >= 0.6 is 0 Å². The lowest BCUT2D eigenvalue weighted by molar-refractivity contribution is 0.472. The summed E-state index contributed by atoms with van der Waals surface area (Å²) in [5.41, 5.74) is 6.69. The van der Waals surface area contributed by atoms with Gasteiger partial charge in [0.15, 0.2) is 0 Å². The maximum Gasteiger partial charge on any atom is 0.244 e. The maximum absolute atomic E-state index is 12.6. The zero-order chi connectivity index (χ0) is 14.9. The highest BCUT2D eigenvalue weighted by Crippen LogP contribution is 2.30. The van der Waals surface area contributed by atoms with E-state index in [2.05, 4.69) is 4.98 Å². The molecule has 1 aromatic heterocycles. The molecule has 5 nitrogen and oxygen atoms in total. The Morgan fingerprint density at radius 1 is 1.14 bits per heavy atom. The molecule has 110 valence electrons. The largest absolute Gasteiger partial charge is 0.384 e. The summed E-state index contributed by atoms with van der Waals surface area (Å²) in [6, 6.07) is 13.0. The van der Waals surface area contributed by atoms with Crippen LogP contribution in [0.25, 0.3) is 0 Å². The van der Waals surface area contributed by atoms with Gasteiger partial charge in [0, 0.05) is 19.3 Å². The van der Waals surface area contributed by atoms with Crippen molar-refractivity contribution < 1.29 is 8.42 Å². The van der Waals surface area contributed by atoms with Crippen molar-refractivity contribution in [2.75, 3.05) is 18.8 Å². The number of benzene rings is 1. The molecule has 2 N–H and O–H groups in total. The van der Waals surface area contributed by atoms with Gasteiger partial charge >= 0.3 is 0 Å². The quantitative estimate of drug-likeness (QED) is 0.938. The normalized spacial score (nSPS) is 19.7. The molecule has 1 unspecified atom stereocenters. The highest BCUT2D eigenvalue weighted by Gasteiger charge is 2.33. The molecule has 0 saturated carbocycles. The molecule has 3 rings (SSSR count). The van der Waals surface area contributed by atoms with Crippen molar-refractivity contribution in [3.05, 3.63) is 54.2 Å². The lowest BCUT2D eigenvalue weighted by Gasteiger charge is -2.16. The number of hydrogen-bond acceptors (Lipinski definition) is 4. The Bertz CT molecular complexity index is 714. The van der Waals surface area contributed by atoms with Gasteiger partial charge in [0.25, 0.3) is 0 Å². The fourth-order valence-corrected chi connectivity index (χ4v) is 4.08. The van der Waals surface area contributed by atoms with Crippen LogP contribution in [0.15, 0.2) is 53.6 Å². The zero-order valence-corrected chi connectivity index (χ0v) is 12.3. The summed E-state index contributed by atoms with van der Waals surface area (Å²) in [5, 5.41) is 0. The summed E-state index contributed by atoms with van der Waals surface area (Å²) in [6.07, 6.45) is 2.16. The molecule has 1 aliphatic heterocycles. The summed E-state index contributed by atoms with van der Waals surface area (Å²) >= 11 is 0. The molecular weight excluding hydrogens is 286 g/mol. The first kappa shape index (κ1) is 14.0. The van der Waals surface area contributed by atoms with Crippen LogP contribution < -0.4 is 5.73 Å². The van der Waals surface area contributed by atoms with Crippen LogP contribution in [0.2, 0.25) is 0 Å². The second kappa shape index (κ2) is 5.46. The number of pyridine rings is 1. The minimum absolute atomic E-state index is 0.199. The van der Waals surface area contributed by atoms with E-state index in [9.17, 15) is 8.42 Å². The van der Waals surface area contributed by atoms with Gasteiger partial charge in [0.2, 0.25) is 10.0 Å². The lowest BCUT2D eigenvalue weighted by Crippen LogP contribution is -2.28. The van der Waals surface area contributed by atoms with Crippen LogP contribution in [0.1, 0.15) is 17.9 Å². The van der Waals surface area contributed by atoms with Crippen LogP contribution in [0.3, 0.4) is 0 Å². The molecule has 1 saturated heterocycles. The average Bonchev–Trinajstić information content (AvgIpc) is 2.99. The molecule has 1 aromatic carbocycles. The van der Waals surface area contributed by atoms with Gasteiger partial charge in [-0.3, -0.25) is 0 Å². The van der Waals surface area contributed by atoms with Crippen molar-refractivity contribution >= 4 is 15.8 Å². The number of aromatic nitrogens is 1. The van der Waals surface area contributed by atoms with Crippen molar-refractivity contribution in [3.63, 3.8) is 0 Å². The summed E-state index contributed by atoms with van der Waals surface area (Å²) < 4.78 is 26.7. The van der Waals surface area contributed by atoms with E-state index in [0.717, 1.165) is 6.42 Å². The Balaban J connectivity index is 1.81. The van der Waals surface area contributed by atoms with Crippen LogP contribution in [0.4, 0.5) is 5.82 Å². The number of nitrogens with zero attached hydrogens (tertiary/aromatic N) is 2. The van der Waals surface area contributed by atoms with Crippen molar-refractivity contribution in [2.45, 2.75) is 17.2 Å². The number of anilines is 1. The molecular formula is C15H17N3O2S. The van der Waals surface area contributed by atoms with E-state index in [0.29, 0.717) is 18.9 Å². The van der Waals surface area contributed by atoms with Crippen molar-refractivity contribution in [3.8, 4) is 0 Å². The van der Waals surface area contributed by atoms with Crippen molar-refractivity contribution in [1.82, 2.24) is 9.29 Å². The lowest BCUT2D eigenvalue weighted by atomic mass is 9.99. The second-order valence-corrected chi connectivity index (χ2v) is 7.12. The van der Waals surface area contributed by atoms with Crippen LogP contribution in [-0.4, -0.2) is 30.8 Å². The zero-order valence-electron chi connectivity index (χ0n) is 11.5. The first-order valence-corrected chi connectivity index (χ1v) is 8.28. The first-order chi connectivity index (χ1) is 10.1. The second-order valence-electron chi connectivity index (χ2n) is 5.18. The van der Waals surface area contributed by atoms with Gasteiger partial charge in [0.1, 0.15) is 10.7 Å². The maximum atomic E-state index is 12.6. The van der Waals surface area contributed by atoms with Crippen molar-refractivity contribution in [1.29, 1.82) is 0 Å². The predicted octanol–water partition coefficient (Wildman–Crippen LogP) is 1.84. The summed E-state index contributed by atoms with van der Waals surface area (Å²) in [4.78, 5) is 4.07. The third-order valence-corrected chi connectivity index (χ3v) is 5.67. The molecule has 2 heterocycles. The Morgan fingerprint density at radius 2 is 1.90 bits per heavy atom. The van der Waals surface area contributed by atoms with E-state index in [1.807, 2.05) is 30.3 Å². The number of nitrogens with two attached hydrogens (primary N) is 1. The topological polar surface area (TPSA) is 76.3 Å². The summed E-state index contributed by atoms with van der Waals surface area (Å²) in [5.74, 6) is 0.570. The minimum atomic E-state index is -3.48. The number of rotatable bonds is 3. The Labute approximate surface area is 124 Å². The molecule has 0 bridgehead atoms. The molecule has 2 aromatic rings. The van der Waals surface area contributed by atoms with Crippen molar-refractivity contribution in [2.24, 2.45) is 0 Å². The standard InChI is InChI=1S/C15H17N3O2S/c16-15-7-6-14(10-17-15)21(19,20)18-9-8-13(11-18)12-4-2-1-3-5-12/h1-7,10,13H,8-9,11H2,(H2,16,17). The van der Waals surface area contributed by atoms with Gasteiger partial charge in [-0.15, -0.1) is 0 Å². The van der Waals surface area contributed by atoms with Gasteiger partial charge in [-0.2, -0.15) is 4.31 Å². The molecule has 0 amide bonds. The van der Waals surface area contributed by atoms with E-state index >= 15 is 0 Å². The number of sulfonamides is 1. The fraction of sp³-hybridized carbons (Fsp3) is 0.267.